The summed E-state index contributed by atoms with van der Waals surface area (Å²) in [7, 11) is -29.4. The van der Waals surface area contributed by atoms with Gasteiger partial charge in [-0.15, -0.1) is 10.2 Å². The molecular weight excluding hydrogens is 998 g/mol. The molecule has 3 aromatic rings. The lowest BCUT2D eigenvalue weighted by molar-refractivity contribution is 0.259. The van der Waals surface area contributed by atoms with Crippen molar-refractivity contribution in [3.05, 3.63) is 76.8 Å². The summed E-state index contributed by atoms with van der Waals surface area (Å²) in [6.45, 7) is 1.04. The van der Waals surface area contributed by atoms with Crippen LogP contribution in [0.5, 0.6) is 0 Å². The summed E-state index contributed by atoms with van der Waals surface area (Å²) in [6.07, 6.45) is 1.05. The molecule has 0 radical (unpaired) electrons. The van der Waals surface area contributed by atoms with Gasteiger partial charge in [-0.2, -0.15) is 48.6 Å². The summed E-state index contributed by atoms with van der Waals surface area (Å²) in [5, 5.41) is 24.4. The summed E-state index contributed by atoms with van der Waals surface area (Å²) in [5.74, 6) is -5.42. The molecule has 2 amide bonds. The standard InChI is InChI=1S/C27H30ClN9O20S6/c1-15(38)21(13-18(6-9-60(44,45)46)59(42,43)11-8-57-63(53,54)55)32-27-34-24(28)33-26(35-27)30-16-2-4-19(22(12-16)31-25(29)39)36-37-20-5-3-17(14-23(20)61(47,48)49)58(40,41)10-7-56-62(50,51)52/h2-6,12-14,38H,1,7-11H2,(H3,29,31,39)(H,44,45,46)(H,47,48,49)(H,50,51,52)(H,53,54,55)(H2,30,32,33,34,35)/b18-6+,21-13+,37-36+. The van der Waals surface area contributed by atoms with Gasteiger partial charge in [-0.1, -0.05) is 6.58 Å². The van der Waals surface area contributed by atoms with Crippen LogP contribution < -0.4 is 21.7 Å². The smallest absolute Gasteiger partial charge is 0.397 e. The molecule has 1 aromatic heterocycles. The van der Waals surface area contributed by atoms with E-state index in [1.807, 2.05) is 0 Å². The van der Waals surface area contributed by atoms with E-state index in [-0.39, 0.29) is 17.1 Å². The average molecular weight is 1030 g/mol. The van der Waals surface area contributed by atoms with E-state index in [4.69, 9.17) is 26.4 Å². The number of allylic oxidation sites excluding steroid dienone is 1. The second-order valence-corrected chi connectivity index (χ2v) is 21.2. The normalized spacial score (nSPS) is 13.5. The van der Waals surface area contributed by atoms with Crippen LogP contribution in [0.1, 0.15) is 0 Å². The van der Waals surface area contributed by atoms with Crippen molar-refractivity contribution in [2.45, 2.75) is 9.79 Å². The molecule has 1 heterocycles. The molecule has 0 aliphatic rings. The predicted molar refractivity (Wildman–Crippen MR) is 217 cm³/mol. The van der Waals surface area contributed by atoms with Gasteiger partial charge in [0.1, 0.15) is 22.0 Å². The van der Waals surface area contributed by atoms with Gasteiger partial charge in [0.2, 0.25) is 17.2 Å². The van der Waals surface area contributed by atoms with Crippen molar-refractivity contribution in [1.29, 1.82) is 0 Å². The Morgan fingerprint density at radius 2 is 1.37 bits per heavy atom. The molecule has 0 saturated heterocycles. The number of hydrogen-bond acceptors (Lipinski definition) is 23. The van der Waals surface area contributed by atoms with Crippen molar-refractivity contribution in [3.63, 3.8) is 0 Å². The monoisotopic (exact) mass is 1030 g/mol. The Kier molecular flexibility index (Phi) is 16.9. The van der Waals surface area contributed by atoms with E-state index in [0.717, 1.165) is 24.3 Å². The molecular formula is C27H30ClN9O20S6. The van der Waals surface area contributed by atoms with Crippen LogP contribution in [0.25, 0.3) is 0 Å². The van der Waals surface area contributed by atoms with Gasteiger partial charge < -0.3 is 26.8 Å². The highest BCUT2D eigenvalue weighted by molar-refractivity contribution is 7.95. The number of rotatable bonds is 22. The lowest BCUT2D eigenvalue weighted by Crippen LogP contribution is -2.19. The first-order chi connectivity index (χ1) is 28.7. The second kappa shape index (κ2) is 20.5. The number of primary amides is 1. The number of sulfone groups is 2. The molecule has 10 N–H and O–H groups in total. The zero-order chi connectivity index (χ0) is 47.8. The molecule has 0 atom stereocenters. The van der Waals surface area contributed by atoms with Crippen molar-refractivity contribution in [3.8, 4) is 0 Å². The third-order valence-corrected chi connectivity index (χ3v) is 12.8. The van der Waals surface area contributed by atoms with Crippen molar-refractivity contribution >= 4 is 113 Å². The van der Waals surface area contributed by atoms with Crippen LogP contribution in [0, 0.1) is 0 Å². The molecule has 29 nitrogen and oxygen atoms in total. The number of azo groups is 1. The fraction of sp³-hybridized carbons (Fsp3) is 0.185. The molecule has 63 heavy (non-hydrogen) atoms. The van der Waals surface area contributed by atoms with Gasteiger partial charge in [0.15, 0.2) is 19.7 Å². The Hall–Kier alpha value is -5.31. The first kappa shape index (κ1) is 52.0. The first-order valence-electron chi connectivity index (χ1n) is 15.9. The molecule has 0 fully saturated rings. The first-order valence-corrected chi connectivity index (χ1v) is 25.3. The number of hydrogen-bond donors (Lipinski definition) is 9. The molecule has 346 valence electrons. The molecule has 0 bridgehead atoms. The number of aliphatic hydroxyl groups is 1. The molecule has 2 aromatic carbocycles. The van der Waals surface area contributed by atoms with Gasteiger partial charge >= 0.3 is 26.8 Å². The zero-order valence-corrected chi connectivity index (χ0v) is 36.5. The third-order valence-electron chi connectivity index (χ3n) is 6.82. The van der Waals surface area contributed by atoms with E-state index in [1.54, 1.807) is 0 Å². The minimum atomic E-state index is -5.22. The Morgan fingerprint density at radius 3 is 1.92 bits per heavy atom. The summed E-state index contributed by atoms with van der Waals surface area (Å²) in [4.78, 5) is 20.7. The van der Waals surface area contributed by atoms with E-state index < -0.39 is 146 Å². The fourth-order valence-corrected chi connectivity index (χ4v) is 8.72. The van der Waals surface area contributed by atoms with Gasteiger partial charge in [0.25, 0.3) is 20.2 Å². The number of benzene rings is 2. The van der Waals surface area contributed by atoms with Crippen molar-refractivity contribution in [1.82, 2.24) is 15.0 Å². The number of amides is 2. The lowest BCUT2D eigenvalue weighted by Gasteiger charge is -2.13. The summed E-state index contributed by atoms with van der Waals surface area (Å²) < 4.78 is 186. The van der Waals surface area contributed by atoms with Crippen molar-refractivity contribution in [2.24, 2.45) is 16.0 Å². The summed E-state index contributed by atoms with van der Waals surface area (Å²) in [6, 6.07) is 4.48. The van der Waals surface area contributed by atoms with Gasteiger partial charge in [0.05, 0.1) is 51.7 Å². The van der Waals surface area contributed by atoms with E-state index in [1.165, 1.54) is 6.07 Å². The summed E-state index contributed by atoms with van der Waals surface area (Å²) in [5.41, 5.74) is 3.51. The van der Waals surface area contributed by atoms with Crippen LogP contribution in [-0.2, 0) is 69.1 Å². The summed E-state index contributed by atoms with van der Waals surface area (Å²) >= 11 is 6.03. The van der Waals surface area contributed by atoms with E-state index in [0.29, 0.717) is 18.2 Å². The number of carbonyl (C=O) groups excluding carboxylic acids is 1. The minimum absolute atomic E-state index is 0.00745. The molecule has 36 heteroatoms. The Bertz CT molecular complexity index is 3070. The van der Waals surface area contributed by atoms with E-state index in [2.05, 4.69) is 56.1 Å². The highest BCUT2D eigenvalue weighted by Crippen LogP contribution is 2.34. The van der Waals surface area contributed by atoms with Gasteiger partial charge in [-0.3, -0.25) is 18.2 Å². The van der Waals surface area contributed by atoms with E-state index >= 15 is 0 Å². The number of carbonyl (C=O) groups is 1. The fourth-order valence-electron chi connectivity index (χ4n) is 4.26. The number of nitrogens with two attached hydrogens (primary N) is 1. The largest absolute Gasteiger partial charge is 0.506 e. The Morgan fingerprint density at radius 1 is 0.794 bits per heavy atom. The Balaban J connectivity index is 1.99. The van der Waals surface area contributed by atoms with E-state index in [9.17, 15) is 69.5 Å². The second-order valence-electron chi connectivity index (χ2n) is 11.5. The maximum absolute atomic E-state index is 13.0. The van der Waals surface area contributed by atoms with Crippen LogP contribution in [0.3, 0.4) is 0 Å². The van der Waals surface area contributed by atoms with Crippen LogP contribution in [-0.4, -0.2) is 125 Å². The topological polar surface area (TPSA) is 467 Å². The van der Waals surface area contributed by atoms with Crippen LogP contribution in [0.4, 0.5) is 39.4 Å². The predicted octanol–water partition coefficient (Wildman–Crippen LogP) is 1.39. The molecule has 0 spiro atoms. The molecule has 3 rings (SSSR count). The quantitative estimate of drug-likeness (QED) is 0.0297. The van der Waals surface area contributed by atoms with Crippen molar-refractivity contribution in [2.75, 3.05) is 46.4 Å². The molecule has 0 aliphatic heterocycles. The number of nitrogens with one attached hydrogen (secondary N) is 3. The number of urea groups is 1. The number of aliphatic hydroxyl groups excluding tert-OH is 1. The number of nitrogens with zero attached hydrogens (tertiary/aromatic N) is 5. The third kappa shape index (κ3) is 17.8. The lowest BCUT2D eigenvalue weighted by atomic mass is 10.2. The maximum Gasteiger partial charge on any atom is 0.397 e. The van der Waals surface area contributed by atoms with Gasteiger partial charge in [-0.25, -0.2) is 30.0 Å². The maximum atomic E-state index is 13.0. The van der Waals surface area contributed by atoms with Crippen molar-refractivity contribution < 1.29 is 87.0 Å². The highest BCUT2D eigenvalue weighted by Gasteiger charge is 2.24. The molecule has 0 aliphatic carbocycles. The van der Waals surface area contributed by atoms with Crippen LogP contribution in [0.2, 0.25) is 5.28 Å². The SMILES string of the molecule is C=C(O)/C(=C\C(=C/CS(=O)(=O)O)S(=O)(=O)CCOS(=O)(=O)O)Nc1nc(Cl)nc(Nc2ccc(/N=N/c3ccc(S(=O)(=O)CCOS(=O)(=O)O)cc3S(=O)(=O)O)c(NC(N)=O)c2)n1. The van der Waals surface area contributed by atoms with Gasteiger partial charge in [-0.05, 0) is 60.2 Å². The Labute approximate surface area is 362 Å². The van der Waals surface area contributed by atoms with Crippen LogP contribution in [0.15, 0.2) is 91.5 Å². The minimum Gasteiger partial charge on any atom is -0.506 e. The number of anilines is 4. The zero-order valence-electron chi connectivity index (χ0n) is 30.9. The number of aromatic nitrogens is 3. The molecule has 0 saturated carbocycles. The molecule has 0 unspecified atom stereocenters. The van der Waals surface area contributed by atoms with Crippen LogP contribution >= 0.6 is 11.6 Å². The average Bonchev–Trinajstić information content (AvgIpc) is 3.09. The number of halogens is 1. The highest BCUT2D eigenvalue weighted by atomic mass is 35.5. The van der Waals surface area contributed by atoms with Gasteiger partial charge in [0, 0.05) is 5.69 Å².